The molecule has 1 N–H and O–H groups in total. The molecule has 1 aliphatic rings. The molecular formula is C41H79NO6S2Si3. The van der Waals surface area contributed by atoms with Gasteiger partial charge in [0.2, 0.25) is 15.9 Å². The number of sulfonamides is 1. The molecule has 0 aliphatic heterocycles. The largest absolute Gasteiger partial charge is 0.414 e. The van der Waals surface area contributed by atoms with Crippen molar-refractivity contribution in [3.63, 3.8) is 0 Å². The van der Waals surface area contributed by atoms with Gasteiger partial charge >= 0.3 is 0 Å². The summed E-state index contributed by atoms with van der Waals surface area (Å²) in [6, 6.07) is 10.7. The van der Waals surface area contributed by atoms with Gasteiger partial charge in [-0.05, 0) is 110 Å². The molecule has 2 rings (SSSR count). The van der Waals surface area contributed by atoms with Crippen molar-refractivity contribution < 1.29 is 26.5 Å². The number of unbranched alkanes of at least 4 members (excludes halogenated alkanes) is 3. The van der Waals surface area contributed by atoms with Gasteiger partial charge in [0.15, 0.2) is 25.0 Å². The minimum Gasteiger partial charge on any atom is -0.414 e. The van der Waals surface area contributed by atoms with Crippen LogP contribution < -0.4 is 4.72 Å². The molecular weight excluding hydrogens is 751 g/mol. The molecule has 12 heteroatoms. The van der Waals surface area contributed by atoms with Crippen LogP contribution in [-0.4, -0.2) is 69.6 Å². The van der Waals surface area contributed by atoms with Crippen LogP contribution in [0.2, 0.25) is 54.4 Å². The van der Waals surface area contributed by atoms with Gasteiger partial charge in [-0.1, -0.05) is 99.8 Å². The van der Waals surface area contributed by atoms with E-state index in [1.165, 1.54) is 4.90 Å². The second-order valence-electron chi connectivity index (χ2n) is 20.3. The maximum absolute atomic E-state index is 12.1. The van der Waals surface area contributed by atoms with Crippen LogP contribution in [0.25, 0.3) is 0 Å². The van der Waals surface area contributed by atoms with Gasteiger partial charge in [0.1, 0.15) is 0 Å². The van der Waals surface area contributed by atoms with Crippen molar-refractivity contribution in [2.45, 2.75) is 198 Å². The van der Waals surface area contributed by atoms with Crippen LogP contribution >= 0.6 is 11.8 Å². The summed E-state index contributed by atoms with van der Waals surface area (Å²) < 4.78 is 47.0. The van der Waals surface area contributed by atoms with E-state index in [9.17, 15) is 13.2 Å². The maximum Gasteiger partial charge on any atom is 0.233 e. The molecule has 7 nitrogen and oxygen atoms in total. The van der Waals surface area contributed by atoms with E-state index in [2.05, 4.69) is 137 Å². The van der Waals surface area contributed by atoms with E-state index in [1.807, 2.05) is 11.8 Å². The van der Waals surface area contributed by atoms with E-state index in [-0.39, 0.29) is 39.8 Å². The molecule has 1 fully saturated rings. The second kappa shape index (κ2) is 19.3. The van der Waals surface area contributed by atoms with Gasteiger partial charge in [-0.3, -0.25) is 9.52 Å². The van der Waals surface area contributed by atoms with Gasteiger partial charge in [0, 0.05) is 17.1 Å². The number of hydrogen-bond donors (Lipinski definition) is 1. The van der Waals surface area contributed by atoms with E-state index >= 15 is 0 Å². The first-order chi connectivity index (χ1) is 24.0. The Balaban J connectivity index is 2.42. The number of carbonyl (C=O) groups excluding carboxylic acids is 1. The minimum absolute atomic E-state index is 0.106. The number of nitrogens with one attached hydrogen (secondary N) is 1. The molecule has 0 heterocycles. The summed E-state index contributed by atoms with van der Waals surface area (Å²) >= 11 is 1.91. The molecule has 1 aromatic rings. The molecule has 0 radical (unpaired) electrons. The Labute approximate surface area is 334 Å². The van der Waals surface area contributed by atoms with Gasteiger partial charge in [-0.2, -0.15) is 0 Å². The van der Waals surface area contributed by atoms with Crippen molar-refractivity contribution in [2.75, 3.05) is 12.0 Å². The fourth-order valence-corrected chi connectivity index (χ4v) is 12.2. The average molecular weight is 830 g/mol. The Morgan fingerprint density at radius 2 is 1.23 bits per heavy atom. The highest BCUT2D eigenvalue weighted by Gasteiger charge is 2.51. The number of rotatable bonds is 20. The molecule has 1 amide bonds. The lowest BCUT2D eigenvalue weighted by atomic mass is 9.85. The number of amides is 1. The van der Waals surface area contributed by atoms with E-state index in [0.717, 1.165) is 57.0 Å². The number of benzene rings is 1. The monoisotopic (exact) mass is 829 g/mol. The number of carbonyl (C=O) groups is 1. The van der Waals surface area contributed by atoms with E-state index in [0.29, 0.717) is 18.3 Å². The van der Waals surface area contributed by atoms with Crippen LogP contribution in [-0.2, 0) is 28.1 Å². The predicted molar refractivity (Wildman–Crippen MR) is 235 cm³/mol. The van der Waals surface area contributed by atoms with Crippen molar-refractivity contribution in [1.29, 1.82) is 0 Å². The Morgan fingerprint density at radius 1 is 0.755 bits per heavy atom. The van der Waals surface area contributed by atoms with Gasteiger partial charge in [-0.25, -0.2) is 8.42 Å². The fraction of sp³-hybridized carbons (Fsp3) is 0.829. The molecule has 308 valence electrons. The quantitative estimate of drug-likeness (QED) is 0.0795. The third-order valence-electron chi connectivity index (χ3n) is 12.7. The summed E-state index contributed by atoms with van der Waals surface area (Å²) in [6.45, 7) is 35.3. The SMILES string of the molecule is CC(C)(C)[Si](C)(C)OC(CC[C@@H]1[C@@H](CCCCCCC(=O)NS(C)(=O)=O)[C@@H](O[Si](C)(C)C(C)(C)C)C[C@H]1O[Si](C)(C)C(C)(C)C)CSc1ccccc1. The summed E-state index contributed by atoms with van der Waals surface area (Å²) in [5.74, 6) is 1.25. The zero-order valence-corrected chi connectivity index (χ0v) is 41.2. The number of hydrogen-bond acceptors (Lipinski definition) is 7. The highest BCUT2D eigenvalue weighted by atomic mass is 32.2. The topological polar surface area (TPSA) is 90.9 Å². The average Bonchev–Trinajstić information content (AvgIpc) is 3.27. The third-order valence-corrected chi connectivity index (χ3v) is 28.0. The summed E-state index contributed by atoms with van der Waals surface area (Å²) in [6.07, 6.45) is 9.35. The lowest BCUT2D eigenvalue weighted by Gasteiger charge is -2.41. The summed E-state index contributed by atoms with van der Waals surface area (Å²) in [5.41, 5.74) is 0. The molecule has 0 aromatic heterocycles. The number of thioether (sulfide) groups is 1. The van der Waals surface area contributed by atoms with Crippen LogP contribution in [0, 0.1) is 11.8 Å². The lowest BCUT2D eigenvalue weighted by molar-refractivity contribution is -0.119. The zero-order chi connectivity index (χ0) is 40.7. The maximum atomic E-state index is 12.1. The molecule has 1 saturated carbocycles. The highest BCUT2D eigenvalue weighted by Crippen LogP contribution is 2.49. The molecule has 1 aliphatic carbocycles. The normalized spacial score (nSPS) is 21.5. The third kappa shape index (κ3) is 15.8. The molecule has 5 atom stereocenters. The minimum atomic E-state index is -3.52. The first-order valence-electron chi connectivity index (χ1n) is 20.2. The Kier molecular flexibility index (Phi) is 17.7. The molecule has 0 spiro atoms. The van der Waals surface area contributed by atoms with Crippen molar-refractivity contribution >= 4 is 52.6 Å². The Bertz CT molecular complexity index is 1380. The summed E-state index contributed by atoms with van der Waals surface area (Å²) in [5, 5.41) is 0.337. The summed E-state index contributed by atoms with van der Waals surface area (Å²) in [4.78, 5) is 13.4. The Morgan fingerprint density at radius 3 is 1.70 bits per heavy atom. The Hall–Kier alpha value is -0.479. The first kappa shape index (κ1) is 48.7. The van der Waals surface area contributed by atoms with Gasteiger partial charge in [0.25, 0.3) is 0 Å². The molecule has 0 bridgehead atoms. The van der Waals surface area contributed by atoms with Crippen molar-refractivity contribution in [3.05, 3.63) is 30.3 Å². The van der Waals surface area contributed by atoms with Gasteiger partial charge in [-0.15, -0.1) is 11.8 Å². The van der Waals surface area contributed by atoms with Crippen LogP contribution in [0.15, 0.2) is 35.2 Å². The van der Waals surface area contributed by atoms with Crippen LogP contribution in [0.3, 0.4) is 0 Å². The van der Waals surface area contributed by atoms with Gasteiger partial charge in [0.05, 0.1) is 24.6 Å². The smallest absolute Gasteiger partial charge is 0.233 e. The van der Waals surface area contributed by atoms with Crippen LogP contribution in [0.5, 0.6) is 0 Å². The molecule has 1 aromatic carbocycles. The highest BCUT2D eigenvalue weighted by molar-refractivity contribution is 7.99. The van der Waals surface area contributed by atoms with Gasteiger partial charge < -0.3 is 13.3 Å². The lowest BCUT2D eigenvalue weighted by Crippen LogP contribution is -2.46. The van der Waals surface area contributed by atoms with Crippen LogP contribution in [0.1, 0.15) is 120 Å². The van der Waals surface area contributed by atoms with E-state index in [4.69, 9.17) is 13.3 Å². The predicted octanol–water partition coefficient (Wildman–Crippen LogP) is 11.8. The summed E-state index contributed by atoms with van der Waals surface area (Å²) in [7, 11) is -9.68. The van der Waals surface area contributed by atoms with E-state index < -0.39 is 40.9 Å². The first-order valence-corrected chi connectivity index (χ1v) is 31.8. The van der Waals surface area contributed by atoms with Crippen molar-refractivity contribution in [3.8, 4) is 0 Å². The molecule has 1 unspecified atom stereocenters. The van der Waals surface area contributed by atoms with Crippen molar-refractivity contribution in [2.24, 2.45) is 11.8 Å². The second-order valence-corrected chi connectivity index (χ2v) is 37.5. The standard InChI is InChI=1S/C41H79NO6S2Si3/c1-39(2,3)51(11,12)46-32(31-49-33-24-20-19-21-25-33)28-29-35-34(26-22-17-18-23-27-38(43)42-50(10,44)45)36(47-52(13,14)40(4,5)6)30-37(35)48-53(15,16)41(7,8)9/h19-21,24-25,32,34-37H,17-18,22-23,26-31H2,1-16H3,(H,42,43)/t32?,34-,35-,36+,37-/m1/s1. The zero-order valence-electron chi connectivity index (χ0n) is 36.6. The van der Waals surface area contributed by atoms with E-state index in [1.54, 1.807) is 0 Å². The molecule has 53 heavy (non-hydrogen) atoms. The van der Waals surface area contributed by atoms with Crippen LogP contribution in [0.4, 0.5) is 0 Å². The van der Waals surface area contributed by atoms with Crippen molar-refractivity contribution in [1.82, 2.24) is 4.72 Å². The molecule has 0 saturated heterocycles. The fourth-order valence-electron chi connectivity index (χ4n) is 6.44.